The molecule has 20 heavy (non-hydrogen) atoms. The molecule has 0 radical (unpaired) electrons. The van der Waals surface area contributed by atoms with Crippen LogP contribution in [0.4, 0.5) is 0 Å². The quantitative estimate of drug-likeness (QED) is 0.792. The summed E-state index contributed by atoms with van der Waals surface area (Å²) < 4.78 is 26.1. The van der Waals surface area contributed by atoms with Crippen molar-refractivity contribution in [3.05, 3.63) is 29.8 Å². The van der Waals surface area contributed by atoms with Crippen LogP contribution in [0.2, 0.25) is 0 Å². The van der Waals surface area contributed by atoms with Crippen LogP contribution in [0, 0.1) is 5.41 Å². The summed E-state index contributed by atoms with van der Waals surface area (Å²) in [5.74, 6) is -0.660. The highest BCUT2D eigenvalue weighted by Gasteiger charge is 2.27. The summed E-state index contributed by atoms with van der Waals surface area (Å²) in [5, 5.41) is 0. The highest BCUT2D eigenvalue weighted by Crippen LogP contribution is 2.21. The second kappa shape index (κ2) is 5.90. The zero-order valence-electron chi connectivity index (χ0n) is 12.0. The van der Waals surface area contributed by atoms with Crippen LogP contribution in [0.1, 0.15) is 24.2 Å². The van der Waals surface area contributed by atoms with Gasteiger partial charge in [0.05, 0.1) is 4.90 Å². The molecule has 6 nitrogen and oxygen atoms in total. The predicted molar refractivity (Wildman–Crippen MR) is 77.6 cm³/mol. The second-order valence-electron chi connectivity index (χ2n) is 5.52. The smallest absolute Gasteiger partial charge is 0.248 e. The van der Waals surface area contributed by atoms with Crippen LogP contribution in [0.5, 0.6) is 0 Å². The summed E-state index contributed by atoms with van der Waals surface area (Å²) in [7, 11) is -2.18. The maximum Gasteiger partial charge on any atom is 0.248 e. The van der Waals surface area contributed by atoms with Gasteiger partial charge in [0.1, 0.15) is 0 Å². The number of rotatable bonds is 6. The normalized spacial score (nSPS) is 12.7. The number of nitrogens with two attached hydrogens (primary N) is 2. The van der Waals surface area contributed by atoms with Crippen molar-refractivity contribution in [2.24, 2.45) is 16.9 Å². The maximum absolute atomic E-state index is 12.4. The molecule has 0 bridgehead atoms. The lowest BCUT2D eigenvalue weighted by atomic mass is 9.94. The van der Waals surface area contributed by atoms with Gasteiger partial charge in [0.25, 0.3) is 0 Å². The number of amides is 1. The van der Waals surface area contributed by atoms with Gasteiger partial charge in [-0.2, -0.15) is 0 Å². The van der Waals surface area contributed by atoms with Gasteiger partial charge in [-0.05, 0) is 30.2 Å². The van der Waals surface area contributed by atoms with Gasteiger partial charge in [0, 0.05) is 19.2 Å². The number of carbonyl (C=O) groups excluding carboxylic acids is 1. The highest BCUT2D eigenvalue weighted by atomic mass is 32.2. The Morgan fingerprint density at radius 1 is 1.35 bits per heavy atom. The third-order valence-electron chi connectivity index (χ3n) is 3.03. The van der Waals surface area contributed by atoms with Crippen molar-refractivity contribution in [3.8, 4) is 0 Å². The van der Waals surface area contributed by atoms with Gasteiger partial charge in [0.2, 0.25) is 15.9 Å². The molecule has 0 spiro atoms. The fraction of sp³-hybridized carbons (Fsp3) is 0.462. The van der Waals surface area contributed by atoms with Gasteiger partial charge in [-0.1, -0.05) is 19.9 Å². The Kier molecular flexibility index (Phi) is 4.90. The molecular weight excluding hydrogens is 278 g/mol. The fourth-order valence-electron chi connectivity index (χ4n) is 1.74. The van der Waals surface area contributed by atoms with Crippen molar-refractivity contribution in [1.82, 2.24) is 4.31 Å². The van der Waals surface area contributed by atoms with Crippen molar-refractivity contribution in [3.63, 3.8) is 0 Å². The Morgan fingerprint density at radius 2 is 1.95 bits per heavy atom. The molecule has 1 rings (SSSR count). The zero-order chi connectivity index (χ0) is 15.6. The molecule has 1 aromatic rings. The largest absolute Gasteiger partial charge is 0.366 e. The van der Waals surface area contributed by atoms with Crippen LogP contribution >= 0.6 is 0 Å². The van der Waals surface area contributed by atoms with Gasteiger partial charge in [-0.15, -0.1) is 0 Å². The van der Waals surface area contributed by atoms with Crippen LogP contribution in [0.25, 0.3) is 0 Å². The van der Waals surface area contributed by atoms with E-state index >= 15 is 0 Å². The summed E-state index contributed by atoms with van der Waals surface area (Å²) in [6, 6.07) is 5.69. The number of hydrogen-bond donors (Lipinski definition) is 2. The lowest BCUT2D eigenvalue weighted by Gasteiger charge is -2.28. The summed E-state index contributed by atoms with van der Waals surface area (Å²) >= 11 is 0. The van der Waals surface area contributed by atoms with E-state index in [4.69, 9.17) is 11.5 Å². The van der Waals surface area contributed by atoms with Crippen molar-refractivity contribution < 1.29 is 13.2 Å². The lowest BCUT2D eigenvalue weighted by Crippen LogP contribution is -2.39. The Bertz CT molecular complexity index is 597. The first-order valence-corrected chi connectivity index (χ1v) is 7.60. The van der Waals surface area contributed by atoms with E-state index < -0.39 is 15.9 Å². The van der Waals surface area contributed by atoms with Crippen LogP contribution in [-0.4, -0.2) is 38.8 Å². The third kappa shape index (κ3) is 3.78. The van der Waals surface area contributed by atoms with Gasteiger partial charge in [-0.3, -0.25) is 4.79 Å². The summed E-state index contributed by atoms with van der Waals surface area (Å²) in [5.41, 5.74) is 10.6. The molecule has 0 saturated heterocycles. The highest BCUT2D eigenvalue weighted by molar-refractivity contribution is 7.89. The van der Waals surface area contributed by atoms with Crippen molar-refractivity contribution in [2.45, 2.75) is 18.7 Å². The van der Waals surface area contributed by atoms with E-state index in [1.54, 1.807) is 0 Å². The molecule has 0 heterocycles. The molecule has 7 heteroatoms. The Morgan fingerprint density at radius 3 is 2.45 bits per heavy atom. The summed E-state index contributed by atoms with van der Waals surface area (Å²) in [6.45, 7) is 4.43. The SMILES string of the molecule is CN(CC(C)(C)CN)S(=O)(=O)c1cccc(C(N)=O)c1. The molecular formula is C13H21N3O3S. The molecule has 0 aromatic heterocycles. The first-order chi connectivity index (χ1) is 9.10. The van der Waals surface area contributed by atoms with E-state index in [-0.39, 0.29) is 22.4 Å². The van der Waals surface area contributed by atoms with Gasteiger partial charge < -0.3 is 11.5 Å². The number of nitrogens with zero attached hydrogens (tertiary/aromatic N) is 1. The number of hydrogen-bond acceptors (Lipinski definition) is 4. The second-order valence-corrected chi connectivity index (χ2v) is 7.57. The molecule has 0 aliphatic carbocycles. The number of sulfonamides is 1. The number of benzene rings is 1. The molecule has 4 N–H and O–H groups in total. The zero-order valence-corrected chi connectivity index (χ0v) is 12.8. The van der Waals surface area contributed by atoms with Crippen LogP contribution in [0.15, 0.2) is 29.2 Å². The van der Waals surface area contributed by atoms with Crippen LogP contribution in [-0.2, 0) is 10.0 Å². The molecule has 0 aliphatic rings. The Labute approximate surface area is 119 Å². The molecule has 0 fully saturated rings. The van der Waals surface area contributed by atoms with Crippen molar-refractivity contribution in [1.29, 1.82) is 0 Å². The topological polar surface area (TPSA) is 106 Å². The van der Waals surface area contributed by atoms with E-state index in [2.05, 4.69) is 0 Å². The lowest BCUT2D eigenvalue weighted by molar-refractivity contribution is 0.1000. The Balaban J connectivity index is 3.10. The minimum Gasteiger partial charge on any atom is -0.366 e. The summed E-state index contributed by atoms with van der Waals surface area (Å²) in [6.07, 6.45) is 0. The average molecular weight is 299 g/mol. The number of carbonyl (C=O) groups is 1. The minimum absolute atomic E-state index is 0.0455. The standard InChI is InChI=1S/C13H21N3O3S/c1-13(2,8-14)9-16(3)20(18,19)11-6-4-5-10(7-11)12(15)17/h4-7H,8-9,14H2,1-3H3,(H2,15,17). The molecule has 1 aromatic carbocycles. The average Bonchev–Trinajstić information content (AvgIpc) is 2.38. The van der Waals surface area contributed by atoms with E-state index in [0.29, 0.717) is 6.54 Å². The molecule has 1 amide bonds. The Hall–Kier alpha value is -1.44. The molecule has 0 aliphatic heterocycles. The van der Waals surface area contributed by atoms with Crippen molar-refractivity contribution in [2.75, 3.05) is 20.1 Å². The molecule has 0 atom stereocenters. The van der Waals surface area contributed by atoms with E-state index in [1.807, 2.05) is 13.8 Å². The van der Waals surface area contributed by atoms with Gasteiger partial charge in [-0.25, -0.2) is 12.7 Å². The minimum atomic E-state index is -3.67. The first-order valence-electron chi connectivity index (χ1n) is 6.16. The maximum atomic E-state index is 12.4. The molecule has 0 unspecified atom stereocenters. The van der Waals surface area contributed by atoms with E-state index in [1.165, 1.54) is 35.6 Å². The van der Waals surface area contributed by atoms with Gasteiger partial charge >= 0.3 is 0 Å². The van der Waals surface area contributed by atoms with Crippen LogP contribution in [0.3, 0.4) is 0 Å². The van der Waals surface area contributed by atoms with Crippen molar-refractivity contribution >= 4 is 15.9 Å². The number of primary amides is 1. The monoisotopic (exact) mass is 299 g/mol. The van der Waals surface area contributed by atoms with Crippen LogP contribution < -0.4 is 11.5 Å². The van der Waals surface area contributed by atoms with E-state index in [0.717, 1.165) is 0 Å². The molecule has 112 valence electrons. The van der Waals surface area contributed by atoms with E-state index in [9.17, 15) is 13.2 Å². The fourth-order valence-corrected chi connectivity index (χ4v) is 3.15. The third-order valence-corrected chi connectivity index (χ3v) is 4.83. The molecule has 0 saturated carbocycles. The predicted octanol–water partition coefficient (Wildman–Crippen LogP) is 0.391. The first kappa shape index (κ1) is 16.6. The summed E-state index contributed by atoms with van der Waals surface area (Å²) in [4.78, 5) is 11.2. The van der Waals surface area contributed by atoms with Gasteiger partial charge in [0.15, 0.2) is 0 Å².